The lowest BCUT2D eigenvalue weighted by Gasteiger charge is -2.19. The van der Waals surface area contributed by atoms with Crippen LogP contribution in [0.1, 0.15) is 60.6 Å². The van der Waals surface area contributed by atoms with E-state index < -0.39 is 0 Å². The van der Waals surface area contributed by atoms with E-state index >= 15 is 0 Å². The Balaban J connectivity index is 1.52. The van der Waals surface area contributed by atoms with Crippen molar-refractivity contribution in [2.24, 2.45) is 0 Å². The lowest BCUT2D eigenvalue weighted by atomic mass is 9.96. The third-order valence-electron chi connectivity index (χ3n) is 4.75. The van der Waals surface area contributed by atoms with Crippen LogP contribution in [0.3, 0.4) is 0 Å². The van der Waals surface area contributed by atoms with Crippen LogP contribution in [0.2, 0.25) is 0 Å². The lowest BCUT2D eigenvalue weighted by Crippen LogP contribution is -2.21. The minimum atomic E-state index is 0.462. The quantitative estimate of drug-likeness (QED) is 0.882. The number of hydrogen-bond acceptors (Lipinski definition) is 3. The predicted molar refractivity (Wildman–Crippen MR) is 88.0 cm³/mol. The van der Waals surface area contributed by atoms with Crippen molar-refractivity contribution < 1.29 is 4.42 Å². The van der Waals surface area contributed by atoms with Gasteiger partial charge >= 0.3 is 0 Å². The summed E-state index contributed by atoms with van der Waals surface area (Å²) < 4.78 is 5.72. The molecule has 0 bridgehead atoms. The number of nitrogens with zero attached hydrogens (tertiary/aromatic N) is 2. The topological polar surface area (TPSA) is 45.1 Å². The summed E-state index contributed by atoms with van der Waals surface area (Å²) in [7, 11) is 2.18. The van der Waals surface area contributed by atoms with Crippen LogP contribution >= 0.6 is 0 Å². The van der Waals surface area contributed by atoms with E-state index in [0.29, 0.717) is 5.92 Å². The Bertz CT molecular complexity index is 614. The van der Waals surface area contributed by atoms with E-state index in [1.54, 1.807) is 0 Å². The first-order chi connectivity index (χ1) is 10.6. The first-order valence-corrected chi connectivity index (χ1v) is 8.43. The summed E-state index contributed by atoms with van der Waals surface area (Å²) >= 11 is 0. The second kappa shape index (κ2) is 6.69. The smallest absolute Gasteiger partial charge is 0.107 e. The zero-order valence-electron chi connectivity index (χ0n) is 14.0. The van der Waals surface area contributed by atoms with Gasteiger partial charge in [0.2, 0.25) is 0 Å². The first-order valence-electron chi connectivity index (χ1n) is 8.43. The van der Waals surface area contributed by atoms with Gasteiger partial charge in [-0.2, -0.15) is 5.10 Å². The highest BCUT2D eigenvalue weighted by Crippen LogP contribution is 2.24. The van der Waals surface area contributed by atoms with E-state index in [4.69, 9.17) is 4.42 Å². The Morgan fingerprint density at radius 3 is 2.91 bits per heavy atom. The van der Waals surface area contributed by atoms with Crippen molar-refractivity contribution in [3.05, 3.63) is 40.6 Å². The SMILES string of the molecule is Cc1ccc(C(C)CCN(C)Cc2n[nH]c3c2CCCC3)o1. The van der Waals surface area contributed by atoms with Gasteiger partial charge in [0.15, 0.2) is 0 Å². The highest BCUT2D eigenvalue weighted by Gasteiger charge is 2.18. The number of rotatable bonds is 6. The molecular formula is C18H27N3O. The number of nitrogens with one attached hydrogen (secondary N) is 1. The van der Waals surface area contributed by atoms with E-state index in [2.05, 4.69) is 35.1 Å². The third kappa shape index (κ3) is 3.43. The van der Waals surface area contributed by atoms with Gasteiger partial charge in [0.25, 0.3) is 0 Å². The van der Waals surface area contributed by atoms with Gasteiger partial charge in [-0.1, -0.05) is 6.92 Å². The minimum absolute atomic E-state index is 0.462. The van der Waals surface area contributed by atoms with Crippen molar-refractivity contribution in [3.8, 4) is 0 Å². The summed E-state index contributed by atoms with van der Waals surface area (Å²) in [6, 6.07) is 4.15. The fourth-order valence-electron chi connectivity index (χ4n) is 3.29. The number of aromatic nitrogens is 2. The van der Waals surface area contributed by atoms with Gasteiger partial charge in [-0.15, -0.1) is 0 Å². The number of furan rings is 1. The van der Waals surface area contributed by atoms with E-state index in [1.165, 1.54) is 42.6 Å². The zero-order chi connectivity index (χ0) is 15.5. The molecule has 2 aromatic heterocycles. The monoisotopic (exact) mass is 301 g/mol. The normalized spacial score (nSPS) is 16.0. The van der Waals surface area contributed by atoms with Crippen LogP contribution < -0.4 is 0 Å². The van der Waals surface area contributed by atoms with Crippen LogP contribution in [0.5, 0.6) is 0 Å². The van der Waals surface area contributed by atoms with Gasteiger partial charge in [-0.3, -0.25) is 5.10 Å². The Labute approximate surface area is 132 Å². The van der Waals surface area contributed by atoms with Crippen LogP contribution in [0, 0.1) is 6.92 Å². The van der Waals surface area contributed by atoms with Gasteiger partial charge < -0.3 is 9.32 Å². The van der Waals surface area contributed by atoms with Crippen LogP contribution in [-0.2, 0) is 19.4 Å². The van der Waals surface area contributed by atoms with Crippen molar-refractivity contribution in [3.63, 3.8) is 0 Å². The molecule has 0 amide bonds. The molecule has 0 radical (unpaired) electrons. The molecule has 1 N–H and O–H groups in total. The van der Waals surface area contributed by atoms with Crippen LogP contribution in [0.15, 0.2) is 16.5 Å². The fourth-order valence-corrected chi connectivity index (χ4v) is 3.29. The summed E-state index contributed by atoms with van der Waals surface area (Å²) in [6.45, 7) is 6.24. The number of hydrogen-bond donors (Lipinski definition) is 1. The Morgan fingerprint density at radius 2 is 2.14 bits per heavy atom. The average Bonchev–Trinajstić information content (AvgIpc) is 3.12. The molecule has 0 fully saturated rings. The molecule has 4 heteroatoms. The molecule has 0 saturated carbocycles. The van der Waals surface area contributed by atoms with Gasteiger partial charge in [-0.25, -0.2) is 0 Å². The molecule has 1 unspecified atom stereocenters. The molecule has 1 aliphatic carbocycles. The van der Waals surface area contributed by atoms with Crippen molar-refractivity contribution in [2.45, 2.75) is 58.4 Å². The Hall–Kier alpha value is -1.55. The molecule has 2 aromatic rings. The van der Waals surface area contributed by atoms with Gasteiger partial charge in [0.05, 0.1) is 5.69 Å². The zero-order valence-corrected chi connectivity index (χ0v) is 14.0. The second-order valence-electron chi connectivity index (χ2n) is 6.71. The van der Waals surface area contributed by atoms with E-state index in [-0.39, 0.29) is 0 Å². The molecule has 22 heavy (non-hydrogen) atoms. The molecule has 120 valence electrons. The summed E-state index contributed by atoms with van der Waals surface area (Å²) in [5, 5.41) is 7.77. The van der Waals surface area contributed by atoms with E-state index in [9.17, 15) is 0 Å². The van der Waals surface area contributed by atoms with Gasteiger partial charge in [0.1, 0.15) is 11.5 Å². The molecule has 0 aliphatic heterocycles. The van der Waals surface area contributed by atoms with Crippen LogP contribution in [0.4, 0.5) is 0 Å². The maximum absolute atomic E-state index is 5.72. The fraction of sp³-hybridized carbons (Fsp3) is 0.611. The van der Waals surface area contributed by atoms with Crippen molar-refractivity contribution >= 4 is 0 Å². The highest BCUT2D eigenvalue weighted by atomic mass is 16.3. The summed E-state index contributed by atoms with van der Waals surface area (Å²) in [6.07, 6.45) is 6.07. The molecule has 0 spiro atoms. The molecule has 1 atom stereocenters. The van der Waals surface area contributed by atoms with Gasteiger partial charge in [0, 0.05) is 18.2 Å². The van der Waals surface area contributed by atoms with Crippen molar-refractivity contribution in [1.29, 1.82) is 0 Å². The second-order valence-corrected chi connectivity index (χ2v) is 6.71. The molecule has 2 heterocycles. The summed E-state index contributed by atoms with van der Waals surface area (Å²) in [5.41, 5.74) is 4.10. The Morgan fingerprint density at radius 1 is 1.32 bits per heavy atom. The number of fused-ring (bicyclic) bond motifs is 1. The molecule has 0 saturated heterocycles. The molecule has 1 aliphatic rings. The van der Waals surface area contributed by atoms with E-state index in [1.807, 2.05) is 13.0 Å². The Kier molecular flexibility index (Phi) is 4.67. The van der Waals surface area contributed by atoms with Crippen LogP contribution in [0.25, 0.3) is 0 Å². The van der Waals surface area contributed by atoms with Gasteiger partial charge in [-0.05, 0) is 70.3 Å². The lowest BCUT2D eigenvalue weighted by molar-refractivity contribution is 0.300. The maximum Gasteiger partial charge on any atom is 0.107 e. The number of H-pyrrole nitrogens is 1. The van der Waals surface area contributed by atoms with Crippen LogP contribution in [-0.4, -0.2) is 28.7 Å². The largest absolute Gasteiger partial charge is 0.466 e. The molecule has 0 aromatic carbocycles. The average molecular weight is 301 g/mol. The summed E-state index contributed by atoms with van der Waals surface area (Å²) in [5.74, 6) is 2.56. The number of aryl methyl sites for hydroxylation is 2. The predicted octanol–water partition coefficient (Wildman–Crippen LogP) is 3.82. The molecular weight excluding hydrogens is 274 g/mol. The number of aromatic amines is 1. The van der Waals surface area contributed by atoms with Crippen molar-refractivity contribution in [1.82, 2.24) is 15.1 Å². The molecule has 3 rings (SSSR count). The van der Waals surface area contributed by atoms with Crippen molar-refractivity contribution in [2.75, 3.05) is 13.6 Å². The standard InChI is InChI=1S/C18H27N3O/c1-13(18-9-8-14(2)22-18)10-11-21(3)12-17-15-6-4-5-7-16(15)19-20-17/h8-9,13H,4-7,10-12H2,1-3H3,(H,19,20). The summed E-state index contributed by atoms with van der Waals surface area (Å²) in [4.78, 5) is 2.37. The highest BCUT2D eigenvalue weighted by molar-refractivity contribution is 5.27. The minimum Gasteiger partial charge on any atom is -0.466 e. The molecule has 4 nitrogen and oxygen atoms in total. The first kappa shape index (κ1) is 15.3. The van der Waals surface area contributed by atoms with E-state index in [0.717, 1.165) is 31.0 Å². The third-order valence-corrected chi connectivity index (χ3v) is 4.75. The maximum atomic E-state index is 5.72.